The van der Waals surface area contributed by atoms with Gasteiger partial charge in [-0.15, -0.1) is 0 Å². The zero-order valence-electron chi connectivity index (χ0n) is 11.0. The van der Waals surface area contributed by atoms with E-state index in [-0.39, 0.29) is 4.83 Å². The summed E-state index contributed by atoms with van der Waals surface area (Å²) < 4.78 is 5.36. The normalized spacial score (nSPS) is 12.2. The highest BCUT2D eigenvalue weighted by Gasteiger charge is 2.10. The molecule has 100 valence electrons. The Morgan fingerprint density at radius 2 is 1.84 bits per heavy atom. The standard InChI is InChI=1S/C16H16BrClO/c1-11-3-6-13(10-16(11)19-2)15(17)9-12-4-7-14(18)8-5-12/h3-8,10,15H,9H2,1-2H3. The predicted molar refractivity (Wildman–Crippen MR) is 84.6 cm³/mol. The fourth-order valence-corrected chi connectivity index (χ4v) is 2.76. The molecule has 0 aromatic heterocycles. The van der Waals surface area contributed by atoms with Gasteiger partial charge in [-0.2, -0.15) is 0 Å². The number of aryl methyl sites for hydroxylation is 1. The van der Waals surface area contributed by atoms with E-state index in [4.69, 9.17) is 16.3 Å². The summed E-state index contributed by atoms with van der Waals surface area (Å²) in [5.74, 6) is 0.929. The van der Waals surface area contributed by atoms with Gasteiger partial charge >= 0.3 is 0 Å². The summed E-state index contributed by atoms with van der Waals surface area (Å²) >= 11 is 9.63. The molecule has 1 unspecified atom stereocenters. The minimum absolute atomic E-state index is 0.267. The highest BCUT2D eigenvalue weighted by atomic mass is 79.9. The second kappa shape index (κ2) is 6.44. The number of hydrogen-bond acceptors (Lipinski definition) is 1. The Balaban J connectivity index is 2.15. The van der Waals surface area contributed by atoms with E-state index in [9.17, 15) is 0 Å². The first-order chi connectivity index (χ1) is 9.10. The Kier molecular flexibility index (Phi) is 4.89. The lowest BCUT2D eigenvalue weighted by Crippen LogP contribution is -1.97. The van der Waals surface area contributed by atoms with Crippen LogP contribution >= 0.6 is 27.5 Å². The van der Waals surface area contributed by atoms with Crippen molar-refractivity contribution < 1.29 is 4.74 Å². The average molecular weight is 340 g/mol. The van der Waals surface area contributed by atoms with Crippen molar-refractivity contribution in [3.8, 4) is 5.75 Å². The van der Waals surface area contributed by atoms with Gasteiger partial charge in [0.2, 0.25) is 0 Å². The molecular weight excluding hydrogens is 324 g/mol. The van der Waals surface area contributed by atoms with E-state index in [0.717, 1.165) is 22.8 Å². The first-order valence-electron chi connectivity index (χ1n) is 6.13. The Bertz CT molecular complexity index is 551. The lowest BCUT2D eigenvalue weighted by atomic mass is 10.0. The summed E-state index contributed by atoms with van der Waals surface area (Å²) in [5.41, 5.74) is 3.63. The molecule has 0 radical (unpaired) electrons. The van der Waals surface area contributed by atoms with Crippen LogP contribution < -0.4 is 4.74 Å². The van der Waals surface area contributed by atoms with Crippen molar-refractivity contribution >= 4 is 27.5 Å². The van der Waals surface area contributed by atoms with Crippen molar-refractivity contribution in [3.63, 3.8) is 0 Å². The molecule has 0 saturated heterocycles. The zero-order valence-corrected chi connectivity index (χ0v) is 13.3. The Morgan fingerprint density at radius 3 is 2.47 bits per heavy atom. The van der Waals surface area contributed by atoms with E-state index >= 15 is 0 Å². The van der Waals surface area contributed by atoms with Gasteiger partial charge in [-0.3, -0.25) is 0 Å². The molecule has 2 aromatic carbocycles. The number of ether oxygens (including phenoxy) is 1. The third-order valence-corrected chi connectivity index (χ3v) is 4.23. The third-order valence-electron chi connectivity index (χ3n) is 3.12. The number of alkyl halides is 1. The quantitative estimate of drug-likeness (QED) is 0.684. The lowest BCUT2D eigenvalue weighted by Gasteiger charge is -2.13. The topological polar surface area (TPSA) is 9.23 Å². The second-order valence-electron chi connectivity index (χ2n) is 4.53. The van der Waals surface area contributed by atoms with Gasteiger partial charge in [0.05, 0.1) is 7.11 Å². The van der Waals surface area contributed by atoms with E-state index in [1.165, 1.54) is 11.1 Å². The zero-order chi connectivity index (χ0) is 13.8. The highest BCUT2D eigenvalue weighted by molar-refractivity contribution is 9.09. The van der Waals surface area contributed by atoms with Crippen LogP contribution in [-0.4, -0.2) is 7.11 Å². The largest absolute Gasteiger partial charge is 0.496 e. The molecule has 0 amide bonds. The molecule has 0 fully saturated rings. The van der Waals surface area contributed by atoms with Crippen molar-refractivity contribution in [1.29, 1.82) is 0 Å². The molecule has 3 heteroatoms. The molecule has 0 spiro atoms. The molecule has 0 aliphatic heterocycles. The van der Waals surface area contributed by atoms with Gasteiger partial charge in [0.25, 0.3) is 0 Å². The number of rotatable bonds is 4. The Morgan fingerprint density at radius 1 is 1.16 bits per heavy atom. The molecule has 1 atom stereocenters. The summed E-state index contributed by atoms with van der Waals surface area (Å²) in [5, 5.41) is 0.770. The average Bonchev–Trinajstić information content (AvgIpc) is 2.42. The molecule has 0 N–H and O–H groups in total. The van der Waals surface area contributed by atoms with Crippen molar-refractivity contribution in [2.24, 2.45) is 0 Å². The number of hydrogen-bond donors (Lipinski definition) is 0. The van der Waals surface area contributed by atoms with Crippen molar-refractivity contribution in [2.75, 3.05) is 7.11 Å². The van der Waals surface area contributed by atoms with Gasteiger partial charge in [0, 0.05) is 9.85 Å². The first-order valence-corrected chi connectivity index (χ1v) is 7.42. The molecular formula is C16H16BrClO. The summed E-state index contributed by atoms with van der Waals surface area (Å²) in [6, 6.07) is 14.3. The minimum Gasteiger partial charge on any atom is -0.496 e. The number of methoxy groups -OCH3 is 1. The maximum absolute atomic E-state index is 5.89. The summed E-state index contributed by atoms with van der Waals surface area (Å²) in [4.78, 5) is 0.267. The summed E-state index contributed by atoms with van der Waals surface area (Å²) in [6.07, 6.45) is 0.920. The van der Waals surface area contributed by atoms with Crippen LogP contribution in [0.25, 0.3) is 0 Å². The van der Waals surface area contributed by atoms with Crippen molar-refractivity contribution in [2.45, 2.75) is 18.2 Å². The smallest absolute Gasteiger partial charge is 0.122 e. The summed E-state index contributed by atoms with van der Waals surface area (Å²) in [7, 11) is 1.70. The van der Waals surface area contributed by atoms with E-state index in [0.29, 0.717) is 0 Å². The Labute approximate surface area is 127 Å². The van der Waals surface area contributed by atoms with Gasteiger partial charge in [-0.05, 0) is 48.2 Å². The van der Waals surface area contributed by atoms with Gasteiger partial charge in [-0.1, -0.05) is 51.8 Å². The number of halogens is 2. The van der Waals surface area contributed by atoms with Crippen LogP contribution in [0.5, 0.6) is 5.75 Å². The van der Waals surface area contributed by atoms with E-state index in [2.05, 4.69) is 46.3 Å². The molecule has 2 aromatic rings. The lowest BCUT2D eigenvalue weighted by molar-refractivity contribution is 0.411. The maximum atomic E-state index is 5.89. The molecule has 1 nitrogen and oxygen atoms in total. The predicted octanol–water partition coefficient (Wildman–Crippen LogP) is 5.34. The molecule has 2 rings (SSSR count). The van der Waals surface area contributed by atoms with Crippen LogP contribution in [0.15, 0.2) is 42.5 Å². The van der Waals surface area contributed by atoms with Crippen molar-refractivity contribution in [1.82, 2.24) is 0 Å². The van der Waals surface area contributed by atoms with Crippen LogP contribution in [0.4, 0.5) is 0 Å². The second-order valence-corrected chi connectivity index (χ2v) is 6.07. The minimum atomic E-state index is 0.267. The molecule has 0 aliphatic carbocycles. The molecule has 0 saturated carbocycles. The van der Waals surface area contributed by atoms with Crippen LogP contribution in [-0.2, 0) is 6.42 Å². The summed E-state index contributed by atoms with van der Waals surface area (Å²) in [6.45, 7) is 2.05. The van der Waals surface area contributed by atoms with Gasteiger partial charge in [0.1, 0.15) is 5.75 Å². The van der Waals surface area contributed by atoms with Gasteiger partial charge in [0.15, 0.2) is 0 Å². The number of benzene rings is 2. The van der Waals surface area contributed by atoms with Gasteiger partial charge < -0.3 is 4.74 Å². The first kappa shape index (κ1) is 14.4. The van der Waals surface area contributed by atoms with Crippen LogP contribution in [0.2, 0.25) is 5.02 Å². The third kappa shape index (κ3) is 3.74. The fourth-order valence-electron chi connectivity index (χ4n) is 1.98. The monoisotopic (exact) mass is 338 g/mol. The fraction of sp³-hybridized carbons (Fsp3) is 0.250. The van der Waals surface area contributed by atoms with E-state index < -0.39 is 0 Å². The molecule has 0 heterocycles. The molecule has 19 heavy (non-hydrogen) atoms. The molecule has 0 bridgehead atoms. The highest BCUT2D eigenvalue weighted by Crippen LogP contribution is 2.31. The van der Waals surface area contributed by atoms with Crippen molar-refractivity contribution in [3.05, 3.63) is 64.2 Å². The molecule has 0 aliphatic rings. The van der Waals surface area contributed by atoms with Crippen LogP contribution in [0, 0.1) is 6.92 Å². The Hall–Kier alpha value is -0.990. The van der Waals surface area contributed by atoms with Crippen LogP contribution in [0.1, 0.15) is 21.5 Å². The van der Waals surface area contributed by atoms with Gasteiger partial charge in [-0.25, -0.2) is 0 Å². The SMILES string of the molecule is COc1cc(C(Br)Cc2ccc(Cl)cc2)ccc1C. The van der Waals surface area contributed by atoms with E-state index in [1.54, 1.807) is 7.11 Å². The maximum Gasteiger partial charge on any atom is 0.122 e. The van der Waals surface area contributed by atoms with E-state index in [1.807, 2.05) is 19.1 Å². The van der Waals surface area contributed by atoms with Crippen LogP contribution in [0.3, 0.4) is 0 Å².